The van der Waals surface area contributed by atoms with Crippen LogP contribution in [0.25, 0.3) is 22.4 Å². The number of aromatic nitrogens is 3. The Bertz CT molecular complexity index is 1120. The predicted octanol–water partition coefficient (Wildman–Crippen LogP) is 6.12. The molecule has 0 aliphatic heterocycles. The molecule has 0 bridgehead atoms. The van der Waals surface area contributed by atoms with E-state index in [1.807, 2.05) is 42.5 Å². The van der Waals surface area contributed by atoms with Crippen molar-refractivity contribution < 1.29 is 4.74 Å². The maximum atomic E-state index is 6.33. The zero-order valence-corrected chi connectivity index (χ0v) is 16.6. The molecule has 2 aromatic heterocycles. The van der Waals surface area contributed by atoms with Gasteiger partial charge in [-0.25, -0.2) is 9.97 Å². The molecule has 0 radical (unpaired) electrons. The van der Waals surface area contributed by atoms with Gasteiger partial charge in [-0.2, -0.15) is 0 Å². The van der Waals surface area contributed by atoms with E-state index >= 15 is 0 Å². The van der Waals surface area contributed by atoms with Crippen LogP contribution in [0.4, 0.5) is 0 Å². The highest BCUT2D eigenvalue weighted by Gasteiger charge is 2.17. The second kappa shape index (κ2) is 7.39. The topological polar surface area (TPSA) is 39.9 Å². The Labute approximate surface area is 171 Å². The first-order valence-corrected chi connectivity index (χ1v) is 9.29. The first-order valence-electron chi connectivity index (χ1n) is 8.16. The zero-order valence-electron chi connectivity index (χ0n) is 14.3. The molecule has 0 unspecified atom stereocenters. The highest BCUT2D eigenvalue weighted by molar-refractivity contribution is 6.42. The first kappa shape index (κ1) is 18.1. The monoisotopic (exact) mass is 417 g/mol. The number of ether oxygens (including phenoxy) is 1. The van der Waals surface area contributed by atoms with Crippen molar-refractivity contribution in [2.24, 2.45) is 0 Å². The molecule has 4 aromatic rings. The standard InChI is InChI=1S/C20H14Cl3N3O/c1-27-13-6-4-12(5-7-13)11-26-18-10-16(22)15(21)9-17(18)25-20(26)14-3-2-8-24-19(14)23/h2-10H,11H2,1H3. The first-order chi connectivity index (χ1) is 13.1. The van der Waals surface area contributed by atoms with Crippen molar-refractivity contribution in [3.8, 4) is 17.1 Å². The molecule has 0 aliphatic rings. The number of methoxy groups -OCH3 is 1. The van der Waals surface area contributed by atoms with E-state index in [1.165, 1.54) is 0 Å². The highest BCUT2D eigenvalue weighted by Crippen LogP contribution is 2.33. The number of imidazole rings is 1. The van der Waals surface area contributed by atoms with Crippen molar-refractivity contribution in [2.45, 2.75) is 6.54 Å². The smallest absolute Gasteiger partial charge is 0.144 e. The quantitative estimate of drug-likeness (QED) is 0.375. The average Bonchev–Trinajstić information content (AvgIpc) is 3.00. The Hall–Kier alpha value is -2.27. The summed E-state index contributed by atoms with van der Waals surface area (Å²) < 4.78 is 7.29. The average molecular weight is 419 g/mol. The number of nitrogens with zero attached hydrogens (tertiary/aromatic N) is 3. The van der Waals surface area contributed by atoms with E-state index in [-0.39, 0.29) is 0 Å². The van der Waals surface area contributed by atoms with E-state index in [0.29, 0.717) is 27.6 Å². The number of hydrogen-bond acceptors (Lipinski definition) is 3. The lowest BCUT2D eigenvalue weighted by Crippen LogP contribution is -2.03. The Morgan fingerprint density at radius 2 is 1.74 bits per heavy atom. The van der Waals surface area contributed by atoms with Gasteiger partial charge >= 0.3 is 0 Å². The molecular weight excluding hydrogens is 405 g/mol. The SMILES string of the molecule is COc1ccc(Cn2c(-c3cccnc3Cl)nc3cc(Cl)c(Cl)cc32)cc1. The number of halogens is 3. The van der Waals surface area contributed by atoms with Crippen molar-refractivity contribution >= 4 is 45.8 Å². The lowest BCUT2D eigenvalue weighted by Gasteiger charge is -2.11. The third kappa shape index (κ3) is 3.48. The minimum Gasteiger partial charge on any atom is -0.497 e. The summed E-state index contributed by atoms with van der Waals surface area (Å²) >= 11 is 18.8. The molecule has 7 heteroatoms. The van der Waals surface area contributed by atoms with Crippen LogP contribution in [0.3, 0.4) is 0 Å². The Morgan fingerprint density at radius 1 is 1.00 bits per heavy atom. The van der Waals surface area contributed by atoms with Gasteiger partial charge in [0.2, 0.25) is 0 Å². The van der Waals surface area contributed by atoms with Crippen LogP contribution < -0.4 is 4.74 Å². The number of rotatable bonds is 4. The maximum absolute atomic E-state index is 6.33. The van der Waals surface area contributed by atoms with Gasteiger partial charge in [-0.1, -0.05) is 46.9 Å². The number of pyridine rings is 1. The molecular formula is C20H14Cl3N3O. The van der Waals surface area contributed by atoms with E-state index in [2.05, 4.69) is 9.55 Å². The van der Waals surface area contributed by atoms with Gasteiger partial charge in [0.15, 0.2) is 0 Å². The van der Waals surface area contributed by atoms with E-state index in [9.17, 15) is 0 Å². The third-order valence-corrected chi connectivity index (χ3v) is 5.31. The van der Waals surface area contributed by atoms with Gasteiger partial charge in [-0.3, -0.25) is 0 Å². The van der Waals surface area contributed by atoms with Gasteiger partial charge in [0.1, 0.15) is 16.7 Å². The van der Waals surface area contributed by atoms with Crippen molar-refractivity contribution in [3.63, 3.8) is 0 Å². The van der Waals surface area contributed by atoms with E-state index in [1.54, 1.807) is 19.4 Å². The van der Waals surface area contributed by atoms with Crippen LogP contribution in [0, 0.1) is 0 Å². The zero-order chi connectivity index (χ0) is 19.0. The normalized spacial score (nSPS) is 11.1. The molecule has 0 N–H and O–H groups in total. The van der Waals surface area contributed by atoms with Crippen molar-refractivity contribution in [2.75, 3.05) is 7.11 Å². The summed E-state index contributed by atoms with van der Waals surface area (Å²) in [6.45, 7) is 0.582. The number of fused-ring (bicyclic) bond motifs is 1. The second-order valence-electron chi connectivity index (χ2n) is 5.97. The Kier molecular flexibility index (Phi) is 4.96. The van der Waals surface area contributed by atoms with Crippen LogP contribution >= 0.6 is 34.8 Å². The molecule has 0 fully saturated rings. The fourth-order valence-corrected chi connectivity index (χ4v) is 3.47. The molecule has 2 heterocycles. The summed E-state index contributed by atoms with van der Waals surface area (Å²) in [5.74, 6) is 1.51. The molecule has 0 saturated carbocycles. The van der Waals surface area contributed by atoms with Crippen LogP contribution in [-0.2, 0) is 6.54 Å². The fourth-order valence-electron chi connectivity index (χ4n) is 2.95. The minimum absolute atomic E-state index is 0.390. The fraction of sp³-hybridized carbons (Fsp3) is 0.100. The second-order valence-corrected chi connectivity index (χ2v) is 7.14. The lowest BCUT2D eigenvalue weighted by molar-refractivity contribution is 0.414. The van der Waals surface area contributed by atoms with E-state index < -0.39 is 0 Å². The van der Waals surface area contributed by atoms with Crippen molar-refractivity contribution in [1.82, 2.24) is 14.5 Å². The molecule has 0 spiro atoms. The van der Waals surface area contributed by atoms with Gasteiger partial charge in [-0.15, -0.1) is 0 Å². The largest absolute Gasteiger partial charge is 0.497 e. The molecule has 136 valence electrons. The maximum Gasteiger partial charge on any atom is 0.144 e. The molecule has 4 rings (SSSR count). The van der Waals surface area contributed by atoms with Crippen LogP contribution in [0.15, 0.2) is 54.7 Å². The van der Waals surface area contributed by atoms with Crippen LogP contribution in [0.1, 0.15) is 5.56 Å². The summed E-state index contributed by atoms with van der Waals surface area (Å²) in [6, 6.07) is 15.2. The summed E-state index contributed by atoms with van der Waals surface area (Å²) in [5, 5.41) is 1.33. The van der Waals surface area contributed by atoms with Crippen molar-refractivity contribution in [3.05, 3.63) is 75.5 Å². The molecule has 0 saturated heterocycles. The number of hydrogen-bond donors (Lipinski definition) is 0. The van der Waals surface area contributed by atoms with Gasteiger partial charge in [0.05, 0.1) is 33.8 Å². The molecule has 0 amide bonds. The Morgan fingerprint density at radius 3 is 2.44 bits per heavy atom. The molecule has 0 aliphatic carbocycles. The van der Waals surface area contributed by atoms with Gasteiger partial charge < -0.3 is 9.30 Å². The van der Waals surface area contributed by atoms with Crippen LogP contribution in [0.2, 0.25) is 15.2 Å². The summed E-state index contributed by atoms with van der Waals surface area (Å²) in [7, 11) is 1.65. The molecule has 27 heavy (non-hydrogen) atoms. The third-order valence-electron chi connectivity index (χ3n) is 4.29. The van der Waals surface area contributed by atoms with Crippen LogP contribution in [-0.4, -0.2) is 21.6 Å². The molecule has 0 atom stereocenters. The lowest BCUT2D eigenvalue weighted by atomic mass is 10.2. The summed E-state index contributed by atoms with van der Waals surface area (Å²) in [5.41, 5.74) is 3.45. The van der Waals surface area contributed by atoms with Gasteiger partial charge in [-0.05, 0) is 42.0 Å². The van der Waals surface area contributed by atoms with Crippen LogP contribution in [0.5, 0.6) is 5.75 Å². The minimum atomic E-state index is 0.390. The molecule has 4 nitrogen and oxygen atoms in total. The Balaban J connectivity index is 1.91. The van der Waals surface area contributed by atoms with Gasteiger partial charge in [0, 0.05) is 12.7 Å². The summed E-state index contributed by atoms with van der Waals surface area (Å²) in [4.78, 5) is 8.92. The summed E-state index contributed by atoms with van der Waals surface area (Å²) in [6.07, 6.45) is 1.65. The van der Waals surface area contributed by atoms with E-state index in [4.69, 9.17) is 44.5 Å². The van der Waals surface area contributed by atoms with Gasteiger partial charge in [0.25, 0.3) is 0 Å². The number of benzene rings is 2. The van der Waals surface area contributed by atoms with E-state index in [0.717, 1.165) is 27.9 Å². The van der Waals surface area contributed by atoms with Crippen molar-refractivity contribution in [1.29, 1.82) is 0 Å². The highest BCUT2D eigenvalue weighted by atomic mass is 35.5. The predicted molar refractivity (Wildman–Crippen MR) is 110 cm³/mol. The molecule has 2 aromatic carbocycles.